The van der Waals surface area contributed by atoms with Gasteiger partial charge in [0, 0.05) is 18.9 Å². The van der Waals surface area contributed by atoms with Crippen LogP contribution in [0.25, 0.3) is 0 Å². The van der Waals surface area contributed by atoms with E-state index in [2.05, 4.69) is 20.4 Å². The van der Waals surface area contributed by atoms with Crippen molar-refractivity contribution >= 4 is 0 Å². The smallest absolute Gasteiger partial charge is 0.175 e. The Morgan fingerprint density at radius 1 is 1.32 bits per heavy atom. The maximum atomic E-state index is 9.18. The van der Waals surface area contributed by atoms with Crippen molar-refractivity contribution < 1.29 is 14.6 Å². The molecular weight excluding hydrogens is 240 g/mol. The lowest BCUT2D eigenvalue weighted by molar-refractivity contribution is -0.263. The molecule has 0 aromatic carbocycles. The van der Waals surface area contributed by atoms with Crippen molar-refractivity contribution in [1.29, 1.82) is 0 Å². The largest absolute Gasteiger partial charge is 0.396 e. The number of fused-ring (bicyclic) bond motifs is 2. The second-order valence-corrected chi connectivity index (χ2v) is 7.02. The summed E-state index contributed by atoms with van der Waals surface area (Å²) in [6.07, 6.45) is 5.20. The molecule has 0 amide bonds. The second kappa shape index (κ2) is 4.31. The molecule has 3 heteroatoms. The molecular formula is C16H26O3. The van der Waals surface area contributed by atoms with Crippen molar-refractivity contribution in [2.75, 3.05) is 19.8 Å². The van der Waals surface area contributed by atoms with Gasteiger partial charge in [-0.3, -0.25) is 0 Å². The molecule has 0 radical (unpaired) electrons. The van der Waals surface area contributed by atoms with E-state index in [1.54, 1.807) is 0 Å². The third-order valence-corrected chi connectivity index (χ3v) is 6.22. The Kier molecular flexibility index (Phi) is 3.08. The Labute approximate surface area is 116 Å². The summed E-state index contributed by atoms with van der Waals surface area (Å²) in [5.41, 5.74) is 1.58. The molecule has 1 N–H and O–H groups in total. The van der Waals surface area contributed by atoms with Crippen molar-refractivity contribution in [2.45, 2.75) is 51.7 Å². The Balaban J connectivity index is 1.94. The minimum Gasteiger partial charge on any atom is -0.396 e. The van der Waals surface area contributed by atoms with Gasteiger partial charge >= 0.3 is 0 Å². The zero-order chi connectivity index (χ0) is 13.7. The maximum absolute atomic E-state index is 9.18. The molecule has 2 bridgehead atoms. The summed E-state index contributed by atoms with van der Waals surface area (Å²) in [5.74, 6) is -0.0523. The third-order valence-electron chi connectivity index (χ3n) is 6.22. The van der Waals surface area contributed by atoms with Gasteiger partial charge in [0.25, 0.3) is 0 Å². The van der Waals surface area contributed by atoms with E-state index in [-0.39, 0.29) is 23.2 Å². The van der Waals surface area contributed by atoms with Gasteiger partial charge in [-0.25, -0.2) is 0 Å². The average molecular weight is 266 g/mol. The zero-order valence-corrected chi connectivity index (χ0v) is 12.2. The van der Waals surface area contributed by atoms with Crippen LogP contribution in [0.4, 0.5) is 0 Å². The lowest BCUT2D eigenvalue weighted by atomic mass is 9.44. The van der Waals surface area contributed by atoms with E-state index in [0.29, 0.717) is 19.1 Å². The van der Waals surface area contributed by atoms with Crippen LogP contribution in [0, 0.1) is 16.7 Å². The summed E-state index contributed by atoms with van der Waals surface area (Å²) in [5, 5.41) is 9.18. The van der Waals surface area contributed by atoms with Gasteiger partial charge in [0.1, 0.15) is 0 Å². The third kappa shape index (κ3) is 1.68. The minimum atomic E-state index is -0.386. The minimum absolute atomic E-state index is 0.110. The number of rotatable bonds is 3. The number of hydrogen-bond donors (Lipinski definition) is 1. The highest BCUT2D eigenvalue weighted by atomic mass is 16.7. The van der Waals surface area contributed by atoms with Crippen LogP contribution in [-0.4, -0.2) is 30.7 Å². The Morgan fingerprint density at radius 3 is 2.58 bits per heavy atom. The molecule has 4 rings (SSSR count). The fourth-order valence-electron chi connectivity index (χ4n) is 4.79. The monoisotopic (exact) mass is 266 g/mol. The molecule has 3 atom stereocenters. The first kappa shape index (κ1) is 13.6. The maximum Gasteiger partial charge on any atom is 0.175 e. The van der Waals surface area contributed by atoms with Gasteiger partial charge in [-0.05, 0) is 36.5 Å². The summed E-state index contributed by atoms with van der Waals surface area (Å²) in [6.45, 7) is 10.8. The van der Waals surface area contributed by atoms with Crippen LogP contribution in [0.2, 0.25) is 0 Å². The summed E-state index contributed by atoms with van der Waals surface area (Å²) in [6, 6.07) is 0. The van der Waals surface area contributed by atoms with Gasteiger partial charge in [0.2, 0.25) is 0 Å². The summed E-state index contributed by atoms with van der Waals surface area (Å²) in [7, 11) is 0. The molecule has 4 fully saturated rings. The fraction of sp³-hybridized carbons (Fsp3) is 0.875. The predicted molar refractivity (Wildman–Crippen MR) is 73.6 cm³/mol. The fourth-order valence-corrected chi connectivity index (χ4v) is 4.79. The molecule has 0 aromatic heterocycles. The Bertz CT molecular complexity index is 385. The van der Waals surface area contributed by atoms with Gasteiger partial charge in [-0.1, -0.05) is 26.0 Å². The molecule has 0 unspecified atom stereocenters. The molecule has 3 saturated carbocycles. The van der Waals surface area contributed by atoms with Gasteiger partial charge in [-0.2, -0.15) is 0 Å². The van der Waals surface area contributed by atoms with Crippen LogP contribution in [0.3, 0.4) is 0 Å². The lowest BCUT2D eigenvalue weighted by Crippen LogP contribution is -2.61. The molecule has 108 valence electrons. The standard InChI is InChI=1S/C16H26O3/c1-12-13-5-7-14(2,15(12,3)6-4-8-17)11-16(13)18-9-10-19-16/h13,17H,1,4-11H2,2-3H3/t13-,14-,15-/m0/s1. The molecule has 1 spiro atoms. The van der Waals surface area contributed by atoms with Crippen molar-refractivity contribution in [3.05, 3.63) is 12.2 Å². The number of aliphatic hydroxyl groups is 1. The highest BCUT2D eigenvalue weighted by molar-refractivity contribution is 5.29. The van der Waals surface area contributed by atoms with Gasteiger partial charge in [0.05, 0.1) is 13.2 Å². The summed E-state index contributed by atoms with van der Waals surface area (Å²) < 4.78 is 12.0. The van der Waals surface area contributed by atoms with E-state index in [9.17, 15) is 5.11 Å². The molecule has 19 heavy (non-hydrogen) atoms. The van der Waals surface area contributed by atoms with E-state index in [1.807, 2.05) is 0 Å². The van der Waals surface area contributed by atoms with E-state index in [0.717, 1.165) is 25.7 Å². The SMILES string of the molecule is C=C1[C@@H]2CC[C@@](C)(CC23OCCO3)[C@@]1(C)CCCO. The molecule has 3 aliphatic carbocycles. The van der Waals surface area contributed by atoms with E-state index in [4.69, 9.17) is 9.47 Å². The van der Waals surface area contributed by atoms with Crippen molar-refractivity contribution in [3.8, 4) is 0 Å². The van der Waals surface area contributed by atoms with E-state index in [1.165, 1.54) is 12.0 Å². The predicted octanol–water partition coefficient (Wildman–Crippen LogP) is 2.88. The van der Waals surface area contributed by atoms with Crippen LogP contribution >= 0.6 is 0 Å². The van der Waals surface area contributed by atoms with E-state index < -0.39 is 0 Å². The van der Waals surface area contributed by atoms with Gasteiger partial charge in [-0.15, -0.1) is 0 Å². The van der Waals surface area contributed by atoms with E-state index >= 15 is 0 Å². The topological polar surface area (TPSA) is 38.7 Å². The number of aliphatic hydroxyl groups excluding tert-OH is 1. The van der Waals surface area contributed by atoms with Crippen LogP contribution in [0.15, 0.2) is 12.2 Å². The lowest BCUT2D eigenvalue weighted by Gasteiger charge is -2.64. The molecule has 3 nitrogen and oxygen atoms in total. The van der Waals surface area contributed by atoms with Crippen LogP contribution in [0.1, 0.15) is 46.0 Å². The molecule has 4 aliphatic rings. The first-order valence-electron chi connectivity index (χ1n) is 7.56. The summed E-state index contributed by atoms with van der Waals surface area (Å²) in [4.78, 5) is 0. The highest BCUT2D eigenvalue weighted by Crippen LogP contribution is 2.68. The van der Waals surface area contributed by atoms with Crippen molar-refractivity contribution in [3.63, 3.8) is 0 Å². The van der Waals surface area contributed by atoms with Crippen molar-refractivity contribution in [1.82, 2.24) is 0 Å². The van der Waals surface area contributed by atoms with Crippen LogP contribution < -0.4 is 0 Å². The van der Waals surface area contributed by atoms with Gasteiger partial charge in [0.15, 0.2) is 5.79 Å². The molecule has 0 aromatic rings. The first-order chi connectivity index (χ1) is 8.97. The van der Waals surface area contributed by atoms with Crippen LogP contribution in [0.5, 0.6) is 0 Å². The molecule has 1 aliphatic heterocycles. The number of hydrogen-bond acceptors (Lipinski definition) is 3. The normalized spacial score (nSPS) is 44.2. The van der Waals surface area contributed by atoms with Gasteiger partial charge < -0.3 is 14.6 Å². The second-order valence-electron chi connectivity index (χ2n) is 7.02. The van der Waals surface area contributed by atoms with Crippen LogP contribution in [-0.2, 0) is 9.47 Å². The quantitative estimate of drug-likeness (QED) is 0.798. The first-order valence-corrected chi connectivity index (χ1v) is 7.56. The Hall–Kier alpha value is -0.380. The number of ether oxygens (including phenoxy) is 2. The Morgan fingerprint density at radius 2 is 2.00 bits per heavy atom. The zero-order valence-electron chi connectivity index (χ0n) is 12.2. The van der Waals surface area contributed by atoms with Crippen molar-refractivity contribution in [2.24, 2.45) is 16.7 Å². The highest BCUT2D eigenvalue weighted by Gasteiger charge is 2.65. The molecule has 1 heterocycles. The average Bonchev–Trinajstić information content (AvgIpc) is 2.82. The molecule has 1 saturated heterocycles. The summed E-state index contributed by atoms with van der Waals surface area (Å²) >= 11 is 0.